The monoisotopic (exact) mass is 605 g/mol. The lowest BCUT2D eigenvalue weighted by Crippen LogP contribution is -2.52. The van der Waals surface area contributed by atoms with Crippen molar-refractivity contribution in [3.05, 3.63) is 0 Å². The van der Waals surface area contributed by atoms with Crippen molar-refractivity contribution in [2.75, 3.05) is 51.9 Å². The molecule has 0 aliphatic carbocycles. The van der Waals surface area contributed by atoms with Crippen molar-refractivity contribution in [2.45, 2.75) is 136 Å². The Bertz CT molecular complexity index is 564. The summed E-state index contributed by atoms with van der Waals surface area (Å²) in [7, 11) is -2.88. The smallest absolute Gasteiger partial charge is 0.379 e. The van der Waals surface area contributed by atoms with Gasteiger partial charge in [-0.05, 0) is 38.0 Å². The van der Waals surface area contributed by atoms with E-state index in [1.807, 2.05) is 0 Å². The van der Waals surface area contributed by atoms with Crippen LogP contribution in [0.3, 0.4) is 0 Å². The Labute approximate surface area is 252 Å². The van der Waals surface area contributed by atoms with Crippen LogP contribution in [0.15, 0.2) is 0 Å². The Morgan fingerprint density at radius 3 is 2.17 bits per heavy atom. The van der Waals surface area contributed by atoms with Crippen LogP contribution in [0.5, 0.6) is 0 Å². The minimum absolute atomic E-state index is 0.311. The van der Waals surface area contributed by atoms with Crippen LogP contribution in [0.1, 0.15) is 130 Å². The molecule has 2 unspecified atom stereocenters. The normalized spacial score (nSPS) is 19.9. The molecule has 0 aromatic rings. The first-order valence-electron chi connectivity index (χ1n) is 16.7. The fourth-order valence-corrected chi connectivity index (χ4v) is 8.13. The lowest BCUT2D eigenvalue weighted by molar-refractivity contribution is -0.111. The van der Waals surface area contributed by atoms with E-state index in [1.165, 1.54) is 82.4 Å². The number of hydrogen-bond acceptors (Lipinski definition) is 8. The largest absolute Gasteiger partial charge is 0.518 e. The molecular formula is C31H63NO6SSi. The third-order valence-electron chi connectivity index (χ3n) is 7.35. The van der Waals surface area contributed by atoms with Crippen LogP contribution >= 0.6 is 11.8 Å². The first-order valence-corrected chi connectivity index (χ1v) is 19.6. The molecule has 1 heterocycles. The number of hydroxylamine groups is 1. The van der Waals surface area contributed by atoms with Gasteiger partial charge in [0.1, 0.15) is 0 Å². The van der Waals surface area contributed by atoms with Crippen LogP contribution in [0.4, 0.5) is 0 Å². The van der Waals surface area contributed by atoms with E-state index in [1.54, 1.807) is 0 Å². The molecule has 238 valence electrons. The third kappa shape index (κ3) is 21.7. The second-order valence-electron chi connectivity index (χ2n) is 11.1. The summed E-state index contributed by atoms with van der Waals surface area (Å²) >= 11 is 1.46. The summed E-state index contributed by atoms with van der Waals surface area (Å²) in [6.45, 7) is 11.0. The Balaban J connectivity index is 2.31. The van der Waals surface area contributed by atoms with Crippen molar-refractivity contribution >= 4 is 25.7 Å². The van der Waals surface area contributed by atoms with Gasteiger partial charge < -0.3 is 18.3 Å². The van der Waals surface area contributed by atoms with Crippen molar-refractivity contribution in [3.8, 4) is 0 Å². The summed E-state index contributed by atoms with van der Waals surface area (Å²) in [5.41, 5.74) is 3.20. The fraction of sp³-hybridized carbons (Fsp3) is 0.968. The van der Waals surface area contributed by atoms with Crippen molar-refractivity contribution in [2.24, 2.45) is 5.92 Å². The second-order valence-corrected chi connectivity index (χ2v) is 14.9. The Morgan fingerprint density at radius 2 is 1.45 bits per heavy atom. The van der Waals surface area contributed by atoms with Crippen LogP contribution in [0.2, 0.25) is 6.04 Å². The van der Waals surface area contributed by atoms with Crippen LogP contribution in [0.25, 0.3) is 0 Å². The maximum absolute atomic E-state index is 12.4. The third-order valence-corrected chi connectivity index (χ3v) is 11.1. The van der Waals surface area contributed by atoms with Gasteiger partial charge in [0, 0.05) is 38.0 Å². The first-order chi connectivity index (χ1) is 19.7. The number of thioether (sulfide) groups is 1. The molecule has 7 nitrogen and oxygen atoms in total. The quantitative estimate of drug-likeness (QED) is 0.0744. The molecule has 1 aliphatic rings. The maximum Gasteiger partial charge on any atom is 0.518 e. The fourth-order valence-electron chi connectivity index (χ4n) is 4.74. The summed E-state index contributed by atoms with van der Waals surface area (Å²) in [5.74, 6) is 1.35. The van der Waals surface area contributed by atoms with Gasteiger partial charge in [-0.1, -0.05) is 103 Å². The number of carbonyl (C=O) groups is 1. The molecule has 0 aromatic carbocycles. The van der Waals surface area contributed by atoms with E-state index in [9.17, 15) is 4.79 Å². The number of ether oxygens (including phenoxy) is 2. The van der Waals surface area contributed by atoms with Gasteiger partial charge in [-0.2, -0.15) is 0 Å². The predicted molar refractivity (Wildman–Crippen MR) is 170 cm³/mol. The molecule has 0 radical (unpaired) electrons. The lowest BCUT2D eigenvalue weighted by Gasteiger charge is -2.33. The topological polar surface area (TPSA) is 75.3 Å². The van der Waals surface area contributed by atoms with Gasteiger partial charge >= 0.3 is 8.80 Å². The van der Waals surface area contributed by atoms with Gasteiger partial charge in [-0.25, -0.2) is 5.48 Å². The summed E-state index contributed by atoms with van der Waals surface area (Å²) in [6, 6.07) is 0.706. The molecule has 0 bridgehead atoms. The molecule has 0 saturated carbocycles. The summed E-state index contributed by atoms with van der Waals surface area (Å²) in [4.78, 5) is 12.4. The molecule has 9 heteroatoms. The molecule has 2 atom stereocenters. The molecule has 1 aliphatic heterocycles. The standard InChI is InChI=1S/C31H63NO6SSi/c1-4-7-10-11-12-13-14-15-16-19-31(33)39-27-17-28-40(37-26-25-35-24-23-34-21-9-6-3)36-22-20-30(18-8-5-2)29-32-38-40/h30,32H,4-29H2,1-3H3. The van der Waals surface area contributed by atoms with Gasteiger partial charge in [0.05, 0.1) is 26.4 Å². The average molecular weight is 606 g/mol. The zero-order valence-corrected chi connectivity index (χ0v) is 28.1. The van der Waals surface area contributed by atoms with Crippen LogP contribution in [0, 0.1) is 5.92 Å². The molecule has 0 aromatic heterocycles. The highest BCUT2D eigenvalue weighted by Gasteiger charge is 2.42. The molecule has 40 heavy (non-hydrogen) atoms. The molecule has 1 rings (SSSR count). The van der Waals surface area contributed by atoms with Gasteiger partial charge in [0.2, 0.25) is 0 Å². The minimum Gasteiger partial charge on any atom is -0.379 e. The number of nitrogens with one attached hydrogen (secondary N) is 1. The first kappa shape index (κ1) is 38.0. The van der Waals surface area contributed by atoms with E-state index in [4.69, 9.17) is 22.9 Å². The molecule has 1 fully saturated rings. The van der Waals surface area contributed by atoms with Gasteiger partial charge in [-0.3, -0.25) is 9.32 Å². The summed E-state index contributed by atoms with van der Waals surface area (Å²) in [5, 5.41) is 0.311. The number of rotatable bonds is 27. The van der Waals surface area contributed by atoms with E-state index >= 15 is 0 Å². The van der Waals surface area contributed by atoms with Crippen LogP contribution in [-0.2, 0) is 27.6 Å². The Morgan fingerprint density at radius 1 is 0.800 bits per heavy atom. The van der Waals surface area contributed by atoms with E-state index in [0.717, 1.165) is 51.0 Å². The second kappa shape index (κ2) is 27.8. The molecule has 0 amide bonds. The highest BCUT2D eigenvalue weighted by atomic mass is 32.2. The van der Waals surface area contributed by atoms with E-state index in [0.29, 0.717) is 56.5 Å². The highest BCUT2D eigenvalue weighted by Crippen LogP contribution is 2.24. The van der Waals surface area contributed by atoms with E-state index in [-0.39, 0.29) is 0 Å². The average Bonchev–Trinajstić information content (AvgIpc) is 2.94. The zero-order valence-electron chi connectivity index (χ0n) is 26.3. The van der Waals surface area contributed by atoms with E-state index in [2.05, 4.69) is 26.3 Å². The predicted octanol–water partition coefficient (Wildman–Crippen LogP) is 8.09. The summed E-state index contributed by atoms with van der Waals surface area (Å²) < 4.78 is 30.0. The van der Waals surface area contributed by atoms with Gasteiger partial charge in [0.15, 0.2) is 5.12 Å². The molecule has 0 spiro atoms. The Kier molecular flexibility index (Phi) is 26.4. The van der Waals surface area contributed by atoms with Crippen molar-refractivity contribution < 1.29 is 27.6 Å². The van der Waals surface area contributed by atoms with E-state index < -0.39 is 8.80 Å². The Hall–Kier alpha value is -0.00312. The molecule has 1 saturated heterocycles. The minimum atomic E-state index is -2.88. The molecule has 1 N–H and O–H groups in total. The van der Waals surface area contributed by atoms with Crippen molar-refractivity contribution in [3.63, 3.8) is 0 Å². The number of unbranched alkanes of at least 4 members (excludes halogenated alkanes) is 10. The number of hydrogen-bond donors (Lipinski definition) is 1. The lowest BCUT2D eigenvalue weighted by atomic mass is 9.99. The zero-order chi connectivity index (χ0) is 29.0. The highest BCUT2D eigenvalue weighted by molar-refractivity contribution is 8.13. The maximum atomic E-state index is 12.4. The van der Waals surface area contributed by atoms with Gasteiger partial charge in [-0.15, -0.1) is 0 Å². The number of carbonyl (C=O) groups excluding carboxylic acids is 1. The SMILES string of the molecule is CCCCCCCCCCCC(=O)SCCC[Si]1(OCCOCCOCCCC)OCCC(CCCC)CNO1. The summed E-state index contributed by atoms with van der Waals surface area (Å²) in [6.07, 6.45) is 19.9. The van der Waals surface area contributed by atoms with Crippen molar-refractivity contribution in [1.29, 1.82) is 0 Å². The van der Waals surface area contributed by atoms with Crippen LogP contribution in [-0.4, -0.2) is 65.9 Å². The van der Waals surface area contributed by atoms with Crippen LogP contribution < -0.4 is 5.48 Å². The molecular weight excluding hydrogens is 542 g/mol. The van der Waals surface area contributed by atoms with Crippen molar-refractivity contribution in [1.82, 2.24) is 5.48 Å². The van der Waals surface area contributed by atoms with Gasteiger partial charge in [0.25, 0.3) is 0 Å².